The first kappa shape index (κ1) is 22.4. The molecule has 0 aliphatic carbocycles. The van der Waals surface area contributed by atoms with Crippen molar-refractivity contribution in [1.82, 2.24) is 9.80 Å². The summed E-state index contributed by atoms with van der Waals surface area (Å²) in [5.41, 5.74) is 1.11. The minimum atomic E-state index is 0.0608. The van der Waals surface area contributed by atoms with Crippen molar-refractivity contribution in [2.45, 2.75) is 31.7 Å². The smallest absolute Gasteiger partial charge is 0.246 e. The average molecular weight is 455 g/mol. The van der Waals surface area contributed by atoms with Crippen LogP contribution in [0.4, 0.5) is 0 Å². The van der Waals surface area contributed by atoms with Gasteiger partial charge >= 0.3 is 0 Å². The van der Waals surface area contributed by atoms with E-state index in [1.165, 1.54) is 0 Å². The highest BCUT2D eigenvalue weighted by atomic mass is 32.1. The Morgan fingerprint density at radius 3 is 2.78 bits per heavy atom. The number of fused-ring (bicyclic) bond motifs is 1. The molecule has 4 rings (SSSR count). The molecule has 0 bridgehead atoms. The number of benzene rings is 1. The molecule has 6 nitrogen and oxygen atoms in total. The Morgan fingerprint density at radius 1 is 1.19 bits per heavy atom. The van der Waals surface area contributed by atoms with Crippen LogP contribution >= 0.6 is 11.3 Å². The summed E-state index contributed by atoms with van der Waals surface area (Å²) in [6, 6.07) is 10.1. The Labute approximate surface area is 193 Å². The normalized spacial score (nSPS) is 21.0. The van der Waals surface area contributed by atoms with Crippen LogP contribution < -0.4 is 9.47 Å². The van der Waals surface area contributed by atoms with Gasteiger partial charge in [-0.1, -0.05) is 12.1 Å². The summed E-state index contributed by atoms with van der Waals surface area (Å²) in [7, 11) is 3.25. The van der Waals surface area contributed by atoms with Crippen molar-refractivity contribution in [2.75, 3.05) is 33.9 Å². The number of ether oxygens (including phenoxy) is 2. The number of thiophene rings is 1. The fourth-order valence-electron chi connectivity index (χ4n) is 4.77. The predicted molar refractivity (Wildman–Crippen MR) is 126 cm³/mol. The van der Waals surface area contributed by atoms with Crippen LogP contribution in [0.2, 0.25) is 0 Å². The second kappa shape index (κ2) is 10.2. The monoisotopic (exact) mass is 454 g/mol. The van der Waals surface area contributed by atoms with E-state index in [1.54, 1.807) is 31.6 Å². The number of hydrogen-bond donors (Lipinski definition) is 0. The van der Waals surface area contributed by atoms with E-state index < -0.39 is 0 Å². The van der Waals surface area contributed by atoms with Crippen molar-refractivity contribution >= 4 is 29.2 Å². The highest BCUT2D eigenvalue weighted by Crippen LogP contribution is 2.32. The number of hydrogen-bond acceptors (Lipinski definition) is 5. The SMILES string of the molecule is COc1ccc(CCN2C(=O)CC[C@H]3CN(C(=O)/C=C/c4cccs4)CC[C@H]32)cc1OC. The zero-order chi connectivity index (χ0) is 22.5. The van der Waals surface area contributed by atoms with E-state index in [0.29, 0.717) is 36.9 Å². The second-order valence-electron chi connectivity index (χ2n) is 8.31. The Kier molecular flexibility index (Phi) is 7.15. The maximum absolute atomic E-state index is 12.7. The van der Waals surface area contributed by atoms with Crippen molar-refractivity contribution in [1.29, 1.82) is 0 Å². The van der Waals surface area contributed by atoms with Gasteiger partial charge in [-0.15, -0.1) is 11.3 Å². The standard InChI is InChI=1S/C25H30N2O4S/c1-30-22-8-5-18(16-23(22)31-2)11-14-27-21-12-13-26(17-19(21)6-9-25(27)29)24(28)10-7-20-4-3-15-32-20/h3-5,7-8,10,15-16,19,21H,6,9,11-14,17H2,1-2H3/b10-7+/t19-,21+/m0/s1. The van der Waals surface area contributed by atoms with Gasteiger partial charge in [0, 0.05) is 43.1 Å². The number of carbonyl (C=O) groups excluding carboxylic acids is 2. The lowest BCUT2D eigenvalue weighted by atomic mass is 9.83. The van der Waals surface area contributed by atoms with Gasteiger partial charge in [-0.25, -0.2) is 0 Å². The molecule has 2 saturated heterocycles. The lowest BCUT2D eigenvalue weighted by Gasteiger charge is -2.47. The summed E-state index contributed by atoms with van der Waals surface area (Å²) in [5.74, 6) is 2.03. The van der Waals surface area contributed by atoms with Gasteiger partial charge < -0.3 is 19.3 Å². The van der Waals surface area contributed by atoms with Crippen LogP contribution in [0.15, 0.2) is 41.8 Å². The Hall–Kier alpha value is -2.80. The number of amides is 2. The van der Waals surface area contributed by atoms with E-state index in [0.717, 1.165) is 36.2 Å². The fraction of sp³-hybridized carbons (Fsp3) is 0.440. The van der Waals surface area contributed by atoms with Gasteiger partial charge in [0.15, 0.2) is 11.5 Å². The maximum Gasteiger partial charge on any atom is 0.246 e. The summed E-state index contributed by atoms with van der Waals surface area (Å²) in [4.78, 5) is 30.5. The summed E-state index contributed by atoms with van der Waals surface area (Å²) in [6.45, 7) is 2.09. The largest absolute Gasteiger partial charge is 0.493 e. The molecule has 3 heterocycles. The van der Waals surface area contributed by atoms with Crippen LogP contribution in [-0.4, -0.2) is 61.5 Å². The van der Waals surface area contributed by atoms with Crippen LogP contribution in [0.3, 0.4) is 0 Å². The van der Waals surface area contributed by atoms with Gasteiger partial charge in [-0.2, -0.15) is 0 Å². The topological polar surface area (TPSA) is 59.1 Å². The van der Waals surface area contributed by atoms with Gasteiger partial charge in [0.25, 0.3) is 0 Å². The molecular weight excluding hydrogens is 424 g/mol. The molecule has 2 aliphatic heterocycles. The van der Waals surface area contributed by atoms with Crippen LogP contribution in [0.5, 0.6) is 11.5 Å². The van der Waals surface area contributed by atoms with Crippen LogP contribution in [0, 0.1) is 5.92 Å². The van der Waals surface area contributed by atoms with Crippen LogP contribution in [-0.2, 0) is 16.0 Å². The molecule has 2 amide bonds. The number of methoxy groups -OCH3 is 2. The molecule has 2 fully saturated rings. The first-order chi connectivity index (χ1) is 15.6. The van der Waals surface area contributed by atoms with Crippen molar-refractivity contribution in [2.24, 2.45) is 5.92 Å². The molecule has 2 aromatic rings. The average Bonchev–Trinajstić information content (AvgIpc) is 3.35. The molecule has 0 unspecified atom stereocenters. The third kappa shape index (κ3) is 4.99. The summed E-state index contributed by atoms with van der Waals surface area (Å²) in [6.07, 6.45) is 6.57. The third-order valence-electron chi connectivity index (χ3n) is 6.48. The van der Waals surface area contributed by atoms with E-state index >= 15 is 0 Å². The number of piperidine rings is 2. The quantitative estimate of drug-likeness (QED) is 0.596. The van der Waals surface area contributed by atoms with E-state index in [1.807, 2.05) is 51.6 Å². The molecule has 170 valence electrons. The Morgan fingerprint density at radius 2 is 2.03 bits per heavy atom. The number of nitrogens with zero attached hydrogens (tertiary/aromatic N) is 2. The summed E-state index contributed by atoms with van der Waals surface area (Å²) < 4.78 is 10.7. The molecule has 7 heteroatoms. The molecule has 0 spiro atoms. The minimum absolute atomic E-state index is 0.0608. The minimum Gasteiger partial charge on any atom is -0.493 e. The first-order valence-electron chi connectivity index (χ1n) is 11.1. The summed E-state index contributed by atoms with van der Waals surface area (Å²) >= 11 is 1.62. The van der Waals surface area contributed by atoms with Crippen molar-refractivity contribution < 1.29 is 19.1 Å². The molecule has 2 aliphatic rings. The highest BCUT2D eigenvalue weighted by molar-refractivity contribution is 7.10. The number of rotatable bonds is 7. The highest BCUT2D eigenvalue weighted by Gasteiger charge is 2.39. The van der Waals surface area contributed by atoms with Gasteiger partial charge in [-0.3, -0.25) is 9.59 Å². The maximum atomic E-state index is 12.7. The second-order valence-corrected chi connectivity index (χ2v) is 9.29. The van der Waals surface area contributed by atoms with Crippen molar-refractivity contribution in [3.63, 3.8) is 0 Å². The van der Waals surface area contributed by atoms with E-state index in [-0.39, 0.29) is 17.9 Å². The first-order valence-corrected chi connectivity index (χ1v) is 12.0. The molecule has 0 saturated carbocycles. The molecule has 1 aromatic carbocycles. The lowest BCUT2D eigenvalue weighted by Crippen LogP contribution is -2.57. The third-order valence-corrected chi connectivity index (χ3v) is 7.32. The fourth-order valence-corrected chi connectivity index (χ4v) is 5.39. The zero-order valence-electron chi connectivity index (χ0n) is 18.7. The molecule has 32 heavy (non-hydrogen) atoms. The van der Waals surface area contributed by atoms with Crippen LogP contribution in [0.25, 0.3) is 6.08 Å². The molecule has 2 atom stereocenters. The Bertz CT molecular complexity index is 972. The van der Waals surface area contributed by atoms with E-state index in [9.17, 15) is 9.59 Å². The molecule has 0 radical (unpaired) electrons. The van der Waals surface area contributed by atoms with Crippen molar-refractivity contribution in [3.05, 3.63) is 52.2 Å². The number of carbonyl (C=O) groups is 2. The Balaban J connectivity index is 1.37. The number of likely N-dealkylation sites (tertiary alicyclic amines) is 2. The van der Waals surface area contributed by atoms with Crippen molar-refractivity contribution in [3.8, 4) is 11.5 Å². The molecule has 0 N–H and O–H groups in total. The van der Waals surface area contributed by atoms with E-state index in [2.05, 4.69) is 0 Å². The van der Waals surface area contributed by atoms with Gasteiger partial charge in [0.1, 0.15) is 0 Å². The predicted octanol–water partition coefficient (Wildman–Crippen LogP) is 3.86. The zero-order valence-corrected chi connectivity index (χ0v) is 19.5. The summed E-state index contributed by atoms with van der Waals surface area (Å²) in [5, 5.41) is 2.01. The lowest BCUT2D eigenvalue weighted by molar-refractivity contribution is -0.142. The molecular formula is C25H30N2O4S. The van der Waals surface area contributed by atoms with E-state index in [4.69, 9.17) is 9.47 Å². The van der Waals surface area contributed by atoms with Gasteiger partial charge in [0.2, 0.25) is 11.8 Å². The van der Waals surface area contributed by atoms with Gasteiger partial charge in [0.05, 0.1) is 14.2 Å². The van der Waals surface area contributed by atoms with Gasteiger partial charge in [-0.05, 0) is 60.4 Å². The van der Waals surface area contributed by atoms with Crippen LogP contribution in [0.1, 0.15) is 29.7 Å². The molecule has 1 aromatic heterocycles.